The topological polar surface area (TPSA) is 70.2 Å². The molecule has 3 aromatic rings. The minimum absolute atomic E-state index is 0.0645. The maximum absolute atomic E-state index is 13.1. The quantitative estimate of drug-likeness (QED) is 0.580. The zero-order chi connectivity index (χ0) is 21.7. The largest absolute Gasteiger partial charge is 0.872 e. The number of carbonyl (C=O) groups is 1. The van der Waals surface area contributed by atoms with E-state index < -0.39 is 0 Å². The van der Waals surface area contributed by atoms with Crippen molar-refractivity contribution in [1.29, 1.82) is 0 Å². The van der Waals surface area contributed by atoms with Crippen LogP contribution in [0, 0.1) is 6.92 Å². The minimum Gasteiger partial charge on any atom is -0.872 e. The van der Waals surface area contributed by atoms with Gasteiger partial charge in [-0.25, -0.2) is 0 Å². The van der Waals surface area contributed by atoms with Crippen molar-refractivity contribution in [2.75, 3.05) is 33.2 Å². The van der Waals surface area contributed by atoms with Crippen LogP contribution in [-0.2, 0) is 6.54 Å². The van der Waals surface area contributed by atoms with Crippen LogP contribution < -0.4 is 14.7 Å². The molecule has 2 aliphatic rings. The van der Waals surface area contributed by atoms with Gasteiger partial charge in [-0.2, -0.15) is 0 Å². The van der Waals surface area contributed by atoms with Crippen LogP contribution >= 0.6 is 15.9 Å². The molecule has 1 N–H and O–H groups in total. The van der Waals surface area contributed by atoms with Gasteiger partial charge in [0.2, 0.25) is 5.78 Å². The summed E-state index contributed by atoms with van der Waals surface area (Å²) >= 11 is 3.46. The molecule has 3 heterocycles. The molecule has 0 amide bonds. The summed E-state index contributed by atoms with van der Waals surface area (Å²) in [5, 5.41) is 13.7. The number of carbonyl (C=O) groups excluding carboxylic acids is 1. The van der Waals surface area contributed by atoms with Gasteiger partial charge in [0.1, 0.15) is 23.6 Å². The molecular formula is C24H23BrN2O4. The number of aryl methyl sites for hydroxylation is 1. The Balaban J connectivity index is 1.49. The van der Waals surface area contributed by atoms with Crippen molar-refractivity contribution in [3.63, 3.8) is 0 Å². The lowest BCUT2D eigenvalue weighted by molar-refractivity contribution is -0.918. The van der Waals surface area contributed by atoms with Crippen LogP contribution in [0.3, 0.4) is 0 Å². The lowest BCUT2D eigenvalue weighted by Crippen LogP contribution is -3.13. The highest BCUT2D eigenvalue weighted by molar-refractivity contribution is 9.10. The number of hydrogen-bond acceptors (Lipinski definition) is 5. The number of Topliss-reactive ketones (excluding diaryl/α,β-unsaturated/α-hetero) is 1. The number of allylic oxidation sites excluding steroid dienone is 1. The van der Waals surface area contributed by atoms with Gasteiger partial charge in [-0.3, -0.25) is 9.69 Å². The van der Waals surface area contributed by atoms with Crippen LogP contribution in [-0.4, -0.2) is 43.9 Å². The molecule has 1 aromatic heterocycles. The Morgan fingerprint density at radius 2 is 2.00 bits per heavy atom. The second-order valence-corrected chi connectivity index (χ2v) is 9.29. The third kappa shape index (κ3) is 3.78. The second-order valence-electron chi connectivity index (χ2n) is 8.38. The summed E-state index contributed by atoms with van der Waals surface area (Å²) in [6, 6.07) is 9.17. The summed E-state index contributed by atoms with van der Waals surface area (Å²) in [7, 11) is 2.11. The number of ether oxygens (including phenoxy) is 1. The maximum atomic E-state index is 13.1. The van der Waals surface area contributed by atoms with Gasteiger partial charge in [-0.1, -0.05) is 27.7 Å². The molecular weight excluding hydrogens is 460 g/mol. The van der Waals surface area contributed by atoms with Crippen molar-refractivity contribution in [3.05, 3.63) is 63.0 Å². The van der Waals surface area contributed by atoms with Crippen LogP contribution in [0.5, 0.6) is 11.5 Å². The van der Waals surface area contributed by atoms with E-state index >= 15 is 0 Å². The Labute approximate surface area is 188 Å². The third-order valence-corrected chi connectivity index (χ3v) is 6.59. The summed E-state index contributed by atoms with van der Waals surface area (Å²) in [4.78, 5) is 16.7. The van der Waals surface area contributed by atoms with Gasteiger partial charge in [0.05, 0.1) is 18.7 Å². The molecule has 5 rings (SSSR count). The van der Waals surface area contributed by atoms with Crippen molar-refractivity contribution in [2.24, 2.45) is 0 Å². The average Bonchev–Trinajstić information content (AvgIpc) is 3.27. The fraction of sp³-hybridized carbons (Fsp3) is 0.292. The number of piperazine rings is 1. The number of benzene rings is 2. The lowest BCUT2D eigenvalue weighted by atomic mass is 9.99. The zero-order valence-corrected chi connectivity index (χ0v) is 19.0. The number of nitrogens with zero attached hydrogens (tertiary/aromatic N) is 1. The Morgan fingerprint density at radius 3 is 2.77 bits per heavy atom. The fourth-order valence-corrected chi connectivity index (χ4v) is 4.71. The minimum atomic E-state index is -0.205. The van der Waals surface area contributed by atoms with E-state index in [-0.39, 0.29) is 17.3 Å². The molecule has 1 fully saturated rings. The van der Waals surface area contributed by atoms with Crippen LogP contribution in [0.2, 0.25) is 0 Å². The maximum Gasteiger partial charge on any atom is 0.232 e. The predicted molar refractivity (Wildman–Crippen MR) is 119 cm³/mol. The van der Waals surface area contributed by atoms with Crippen molar-refractivity contribution in [2.45, 2.75) is 13.5 Å². The van der Waals surface area contributed by atoms with E-state index in [9.17, 15) is 9.90 Å². The molecule has 1 saturated heterocycles. The van der Waals surface area contributed by atoms with Gasteiger partial charge in [-0.05, 0) is 43.8 Å². The first-order chi connectivity index (χ1) is 14.9. The highest BCUT2D eigenvalue weighted by Crippen LogP contribution is 2.41. The molecule has 6 nitrogen and oxygen atoms in total. The Hall–Kier alpha value is -2.61. The molecule has 31 heavy (non-hydrogen) atoms. The van der Waals surface area contributed by atoms with Crippen molar-refractivity contribution in [3.8, 4) is 11.5 Å². The number of hydrogen-bond donors (Lipinski definition) is 1. The van der Waals surface area contributed by atoms with Crippen molar-refractivity contribution < 1.29 is 24.0 Å². The molecule has 0 saturated carbocycles. The average molecular weight is 483 g/mol. The van der Waals surface area contributed by atoms with E-state index in [4.69, 9.17) is 9.15 Å². The smallest absolute Gasteiger partial charge is 0.232 e. The summed E-state index contributed by atoms with van der Waals surface area (Å²) in [5.41, 5.74) is 2.47. The first kappa shape index (κ1) is 20.3. The second kappa shape index (κ2) is 7.82. The first-order valence-electron chi connectivity index (χ1n) is 10.4. The summed E-state index contributed by atoms with van der Waals surface area (Å²) in [6.45, 7) is 6.26. The third-order valence-electron chi connectivity index (χ3n) is 6.10. The van der Waals surface area contributed by atoms with Gasteiger partial charge in [-0.15, -0.1) is 0 Å². The number of fused-ring (bicyclic) bond motifs is 2. The highest BCUT2D eigenvalue weighted by Gasteiger charge is 2.33. The van der Waals surface area contributed by atoms with E-state index in [1.807, 2.05) is 24.3 Å². The van der Waals surface area contributed by atoms with Crippen molar-refractivity contribution in [1.82, 2.24) is 4.90 Å². The summed E-state index contributed by atoms with van der Waals surface area (Å²) < 4.78 is 12.8. The van der Waals surface area contributed by atoms with Gasteiger partial charge in [0, 0.05) is 34.6 Å². The molecule has 0 bridgehead atoms. The summed E-state index contributed by atoms with van der Waals surface area (Å²) in [5.74, 6) is 0.882. The number of furan rings is 1. The zero-order valence-electron chi connectivity index (χ0n) is 17.5. The van der Waals surface area contributed by atoms with Gasteiger partial charge in [0.25, 0.3) is 0 Å². The Bertz CT molecular complexity index is 1220. The Morgan fingerprint density at radius 1 is 1.23 bits per heavy atom. The molecule has 0 radical (unpaired) electrons. The van der Waals surface area contributed by atoms with E-state index in [1.54, 1.807) is 19.1 Å². The van der Waals surface area contributed by atoms with Crippen LogP contribution in [0.1, 0.15) is 27.2 Å². The normalized spacial score (nSPS) is 18.7. The number of quaternary nitrogens is 1. The van der Waals surface area contributed by atoms with E-state index in [0.29, 0.717) is 34.7 Å². The molecule has 0 aliphatic carbocycles. The highest BCUT2D eigenvalue weighted by atomic mass is 79.9. The number of likely N-dealkylation sites (N-methyl/N-ethyl adjacent to an activating group) is 1. The van der Waals surface area contributed by atoms with Crippen LogP contribution in [0.25, 0.3) is 17.0 Å². The molecule has 2 aromatic carbocycles. The molecule has 7 heteroatoms. The van der Waals surface area contributed by atoms with Gasteiger partial charge in [0.15, 0.2) is 5.76 Å². The number of halogens is 1. The molecule has 160 valence electrons. The number of nitrogens with one attached hydrogen (secondary N) is 1. The lowest BCUT2D eigenvalue weighted by Gasteiger charge is -2.31. The van der Waals surface area contributed by atoms with E-state index in [1.165, 1.54) is 4.90 Å². The molecule has 2 aliphatic heterocycles. The Kier molecular flexibility index (Phi) is 5.12. The van der Waals surface area contributed by atoms with E-state index in [0.717, 1.165) is 41.6 Å². The standard InChI is InChI=1S/C24H23BrN2O4/c1-14-9-19(28)18(13-27-7-5-26(2)6-8-27)24-22(14)23(29)21(31-24)12-17-11-15-10-16(25)3-4-20(15)30-17/h3-4,9-12,28H,5-8,13H2,1-2H3/b21-12-. The number of rotatable bonds is 3. The van der Waals surface area contributed by atoms with Gasteiger partial charge >= 0.3 is 0 Å². The SMILES string of the molecule is Cc1cc([O-])c(C[NH+]2CCN(C)CC2)c2c1C(=O)/C(=C/c1cc3cc(Br)ccc3o1)O2. The summed E-state index contributed by atoms with van der Waals surface area (Å²) in [6.07, 6.45) is 1.62. The monoisotopic (exact) mass is 482 g/mol. The van der Waals surface area contributed by atoms with Crippen molar-refractivity contribution >= 4 is 38.8 Å². The van der Waals surface area contributed by atoms with Gasteiger partial charge < -0.3 is 19.2 Å². The van der Waals surface area contributed by atoms with Crippen LogP contribution in [0.4, 0.5) is 0 Å². The van der Waals surface area contributed by atoms with Crippen LogP contribution in [0.15, 0.2) is 45.0 Å². The first-order valence-corrected chi connectivity index (χ1v) is 11.2. The fourth-order valence-electron chi connectivity index (χ4n) is 4.33. The molecule has 0 atom stereocenters. The number of ketones is 1. The van der Waals surface area contributed by atoms with E-state index in [2.05, 4.69) is 27.9 Å². The molecule has 0 unspecified atom stereocenters. The predicted octanol–water partition coefficient (Wildman–Crippen LogP) is 2.52. The molecule has 0 spiro atoms.